The number of hydrogen-bond donors (Lipinski definition) is 3. The Morgan fingerprint density at radius 2 is 1.62 bits per heavy atom. The van der Waals surface area contributed by atoms with Crippen LogP contribution < -0.4 is 33.3 Å². The number of terminal acetylenes is 1. The van der Waals surface area contributed by atoms with Gasteiger partial charge in [0.05, 0.1) is 64.9 Å². The molecule has 0 radical (unpaired) electrons. The van der Waals surface area contributed by atoms with Crippen LogP contribution in [0.15, 0.2) is 6.20 Å². The summed E-state index contributed by atoms with van der Waals surface area (Å²) in [6.07, 6.45) is 9.36. The van der Waals surface area contributed by atoms with Crippen LogP contribution in [0.25, 0.3) is 0 Å². The molecule has 4 heterocycles. The number of rotatable bonds is 22. The van der Waals surface area contributed by atoms with E-state index >= 15 is 0 Å². The monoisotopic (exact) mass is 723 g/mol. The van der Waals surface area contributed by atoms with Crippen molar-refractivity contribution in [2.45, 2.75) is 38.1 Å². The van der Waals surface area contributed by atoms with Crippen LogP contribution in [-0.2, 0) is 35.0 Å². The van der Waals surface area contributed by atoms with Gasteiger partial charge in [-0.25, -0.2) is 4.68 Å². The summed E-state index contributed by atoms with van der Waals surface area (Å²) in [5.74, 6) is 3.04. The van der Waals surface area contributed by atoms with Gasteiger partial charge in [0.2, 0.25) is 23.8 Å². The van der Waals surface area contributed by atoms with Crippen molar-refractivity contribution in [3.05, 3.63) is 11.9 Å². The Kier molecular flexibility index (Phi) is 18.5. The van der Waals surface area contributed by atoms with Crippen molar-refractivity contribution >= 4 is 29.7 Å². The van der Waals surface area contributed by atoms with Crippen LogP contribution in [-0.4, -0.2) is 157 Å². The topological polar surface area (TPSA) is 210 Å². The zero-order valence-corrected chi connectivity index (χ0v) is 29.3. The minimum Gasteiger partial charge on any atom is -1.00 e. The molecule has 2 aromatic rings. The van der Waals surface area contributed by atoms with Crippen LogP contribution in [0.4, 0.5) is 17.8 Å². The average Bonchev–Trinajstić information content (AvgIpc) is 3.60. The van der Waals surface area contributed by atoms with Gasteiger partial charge in [-0.3, -0.25) is 9.59 Å². The second-order valence-electron chi connectivity index (χ2n) is 11.5. The third-order valence-corrected chi connectivity index (χ3v) is 7.97. The lowest BCUT2D eigenvalue weighted by molar-refractivity contribution is -0.368. The van der Waals surface area contributed by atoms with Crippen molar-refractivity contribution in [1.82, 2.24) is 34.8 Å². The second kappa shape index (κ2) is 22.8. The molecule has 0 bridgehead atoms. The summed E-state index contributed by atoms with van der Waals surface area (Å²) in [6.45, 7) is 8.40. The maximum Gasteiger partial charge on any atom is 0.303 e. The van der Waals surface area contributed by atoms with Crippen LogP contribution in [0.3, 0.4) is 0 Å². The number of halogens is 1. The molecule has 0 aliphatic carbocycles. The molecule has 1 atom stereocenters. The Balaban J connectivity index is 0.00000676. The minimum absolute atomic E-state index is 0. The van der Waals surface area contributed by atoms with E-state index in [0.717, 1.165) is 19.4 Å². The number of carbonyl (C=O) groups is 2. The molecular weight excluding hydrogens is 674 g/mol. The summed E-state index contributed by atoms with van der Waals surface area (Å²) in [5, 5.41) is 20.6. The molecule has 4 rings (SSSR count). The first kappa shape index (κ1) is 40.6. The van der Waals surface area contributed by atoms with Gasteiger partial charge in [0.15, 0.2) is 0 Å². The van der Waals surface area contributed by atoms with Crippen LogP contribution in [0, 0.1) is 12.3 Å². The van der Waals surface area contributed by atoms with Gasteiger partial charge in [0, 0.05) is 58.4 Å². The number of hydrogen-bond acceptors (Lipinski definition) is 14. The molecule has 0 aromatic carbocycles. The van der Waals surface area contributed by atoms with Crippen LogP contribution in [0.5, 0.6) is 0 Å². The summed E-state index contributed by atoms with van der Waals surface area (Å²) in [5.41, 5.74) is 4.47. The molecule has 1 amide bonds. The number of morpholine rings is 1. The molecular formula is C31H50ClN11O7. The van der Waals surface area contributed by atoms with Crippen molar-refractivity contribution in [3.63, 3.8) is 0 Å². The van der Waals surface area contributed by atoms with E-state index < -0.39 is 12.0 Å². The fraction of sp³-hybridized carbons (Fsp3) is 0.710. The van der Waals surface area contributed by atoms with E-state index in [1.165, 1.54) is 0 Å². The summed E-state index contributed by atoms with van der Waals surface area (Å²) in [6, 6.07) is -0.522. The highest BCUT2D eigenvalue weighted by atomic mass is 35.5. The SMILES string of the molecule is C#CCOCCOCCOCCNc1nc(N2CCOCC2)nc(N2CCN(C(=O)[C@H](CCCC[NH3+])n3cc(CCC(=O)O)nn3)CC2)n1.[Cl-]. The summed E-state index contributed by atoms with van der Waals surface area (Å²) in [7, 11) is 0. The molecule has 18 nitrogen and oxygen atoms in total. The fourth-order valence-corrected chi connectivity index (χ4v) is 5.32. The Bertz CT molecular complexity index is 1330. The zero-order chi connectivity index (χ0) is 34.7. The number of ether oxygens (including phenoxy) is 4. The van der Waals surface area contributed by atoms with Gasteiger partial charge in [0.25, 0.3) is 0 Å². The fourth-order valence-electron chi connectivity index (χ4n) is 5.32. The van der Waals surface area contributed by atoms with E-state index in [0.29, 0.717) is 122 Å². The minimum atomic E-state index is -0.903. The van der Waals surface area contributed by atoms with Gasteiger partial charge < -0.3 is 62.2 Å². The predicted octanol–water partition coefficient (Wildman–Crippen LogP) is -4.28. The standard InChI is InChI=1S/C31H49N11O7.ClH/c1-2-16-46-20-22-49-23-21-47-17-9-33-29-34-30(36-31(35-29)41-14-18-48-19-15-41)40-12-10-39(11-13-40)28(45)26(5-3-4-8-32)42-24-25(37-38-42)6-7-27(43)44;/h1,24,26H,3-23,32H2,(H,43,44)(H,33,34,35,36);1H/t26-;/m0./s1. The highest BCUT2D eigenvalue weighted by Gasteiger charge is 2.31. The second-order valence-corrected chi connectivity index (χ2v) is 11.5. The molecule has 278 valence electrons. The number of aliphatic carboxylic acids is 1. The number of nitrogens with one attached hydrogen (secondary N) is 1. The van der Waals surface area contributed by atoms with Crippen LogP contribution >= 0.6 is 0 Å². The average molecular weight is 724 g/mol. The first-order valence-corrected chi connectivity index (χ1v) is 16.9. The number of carboxylic acid groups (broad SMARTS) is 1. The molecule has 0 saturated carbocycles. The van der Waals surface area contributed by atoms with E-state index in [4.69, 9.17) is 40.4 Å². The van der Waals surface area contributed by atoms with E-state index in [9.17, 15) is 9.59 Å². The number of aryl methyl sites for hydroxylation is 1. The highest BCUT2D eigenvalue weighted by Crippen LogP contribution is 2.22. The lowest BCUT2D eigenvalue weighted by atomic mass is 10.1. The molecule has 2 aliphatic heterocycles. The molecule has 0 spiro atoms. The molecule has 2 saturated heterocycles. The summed E-state index contributed by atoms with van der Waals surface area (Å²) in [4.78, 5) is 45.0. The molecule has 2 aliphatic rings. The van der Waals surface area contributed by atoms with E-state index in [-0.39, 0.29) is 37.8 Å². The van der Waals surface area contributed by atoms with Crippen LogP contribution in [0.1, 0.15) is 37.4 Å². The smallest absolute Gasteiger partial charge is 0.303 e. The number of carbonyl (C=O) groups excluding carboxylic acids is 1. The van der Waals surface area contributed by atoms with Crippen molar-refractivity contribution in [2.24, 2.45) is 0 Å². The van der Waals surface area contributed by atoms with Crippen molar-refractivity contribution in [1.29, 1.82) is 0 Å². The normalized spacial score (nSPS) is 15.3. The van der Waals surface area contributed by atoms with E-state index in [2.05, 4.69) is 42.1 Å². The number of carboxylic acids is 1. The highest BCUT2D eigenvalue weighted by molar-refractivity contribution is 5.80. The number of piperazine rings is 1. The molecule has 2 aromatic heterocycles. The van der Waals surface area contributed by atoms with Gasteiger partial charge in [-0.2, -0.15) is 15.0 Å². The maximum absolute atomic E-state index is 13.8. The van der Waals surface area contributed by atoms with Crippen LogP contribution in [0.2, 0.25) is 0 Å². The largest absolute Gasteiger partial charge is 1.00 e. The number of anilines is 3. The first-order valence-electron chi connectivity index (χ1n) is 16.9. The van der Waals surface area contributed by atoms with Crippen molar-refractivity contribution in [3.8, 4) is 12.3 Å². The lowest BCUT2D eigenvalue weighted by Gasteiger charge is -2.36. The lowest BCUT2D eigenvalue weighted by Crippen LogP contribution is -3.00. The first-order chi connectivity index (χ1) is 24.0. The number of aromatic nitrogens is 6. The van der Waals surface area contributed by atoms with Crippen molar-refractivity contribution < 1.29 is 51.8 Å². The van der Waals surface area contributed by atoms with Gasteiger partial charge in [-0.15, -0.1) is 11.5 Å². The van der Waals surface area contributed by atoms with E-state index in [1.54, 1.807) is 10.9 Å². The predicted molar refractivity (Wildman–Crippen MR) is 178 cm³/mol. The summed E-state index contributed by atoms with van der Waals surface area (Å²) >= 11 is 0. The van der Waals surface area contributed by atoms with Gasteiger partial charge in [-0.05, 0) is 19.3 Å². The maximum atomic E-state index is 13.8. The summed E-state index contributed by atoms with van der Waals surface area (Å²) < 4.78 is 23.4. The third kappa shape index (κ3) is 13.5. The van der Waals surface area contributed by atoms with Gasteiger partial charge in [-0.1, -0.05) is 11.1 Å². The zero-order valence-electron chi connectivity index (χ0n) is 28.6. The molecule has 5 N–H and O–H groups in total. The quantitative estimate of drug-likeness (QED) is 0.0776. The number of unbranched alkanes of at least 4 members (excludes halogenated alkanes) is 1. The molecule has 19 heteroatoms. The number of amides is 1. The molecule has 0 unspecified atom stereocenters. The van der Waals surface area contributed by atoms with Gasteiger partial charge in [0.1, 0.15) is 12.6 Å². The molecule has 2 fully saturated rings. The third-order valence-electron chi connectivity index (χ3n) is 7.97. The van der Waals surface area contributed by atoms with Crippen molar-refractivity contribution in [2.75, 3.05) is 120 Å². The Morgan fingerprint density at radius 1 is 0.960 bits per heavy atom. The Morgan fingerprint density at radius 3 is 2.28 bits per heavy atom. The van der Waals surface area contributed by atoms with Gasteiger partial charge >= 0.3 is 5.97 Å². The Hall–Kier alpha value is -3.86. The number of nitrogens with zero attached hydrogens (tertiary/aromatic N) is 9. The number of quaternary nitrogens is 1. The Labute approximate surface area is 298 Å². The van der Waals surface area contributed by atoms with E-state index in [1.807, 2.05) is 4.90 Å². The molecule has 50 heavy (non-hydrogen) atoms.